The summed E-state index contributed by atoms with van der Waals surface area (Å²) in [5, 5.41) is 5.06. The first-order valence-electron chi connectivity index (χ1n) is 5.71. The van der Waals surface area contributed by atoms with Gasteiger partial charge >= 0.3 is 5.97 Å². The molecule has 0 aliphatic heterocycles. The average molecular weight is 350 g/mol. The molecule has 0 atom stereocenters. The molecule has 1 aromatic rings. The molecule has 0 saturated heterocycles. The number of hydrogen-bond acceptors (Lipinski definition) is 4. The Balaban J connectivity index is 2.88. The molecule has 0 amide bonds. The number of nitrogens with two attached hydrogens (primary N) is 1. The molecule has 2 N–H and O–H groups in total. The Morgan fingerprint density at radius 1 is 1.42 bits per heavy atom. The zero-order valence-electron chi connectivity index (χ0n) is 10.7. The number of primary sulfonamides is 1. The van der Waals surface area contributed by atoms with Crippen molar-refractivity contribution in [2.45, 2.75) is 25.2 Å². The number of esters is 1. The number of halogens is 1. The molecule has 106 valence electrons. The van der Waals surface area contributed by atoms with Crippen LogP contribution in [0.1, 0.15) is 30.6 Å². The van der Waals surface area contributed by atoms with Crippen molar-refractivity contribution in [1.29, 1.82) is 0 Å². The number of hydrogen-bond donors (Lipinski definition) is 1. The van der Waals surface area contributed by atoms with Crippen molar-refractivity contribution < 1.29 is 17.9 Å². The van der Waals surface area contributed by atoms with Crippen LogP contribution in [0.15, 0.2) is 27.6 Å². The van der Waals surface area contributed by atoms with Crippen LogP contribution in [-0.4, -0.2) is 21.0 Å². The minimum atomic E-state index is -3.88. The Bertz CT molecular complexity index is 569. The maximum atomic E-state index is 11.7. The second kappa shape index (κ2) is 6.49. The zero-order chi connectivity index (χ0) is 14.6. The van der Waals surface area contributed by atoms with Gasteiger partial charge < -0.3 is 4.74 Å². The molecular weight excluding hydrogens is 334 g/mol. The van der Waals surface area contributed by atoms with Gasteiger partial charge in [-0.05, 0) is 46.5 Å². The van der Waals surface area contributed by atoms with E-state index in [1.54, 1.807) is 0 Å². The number of carbonyl (C=O) groups is 1. The van der Waals surface area contributed by atoms with E-state index >= 15 is 0 Å². The van der Waals surface area contributed by atoms with Gasteiger partial charge in [0.25, 0.3) is 0 Å². The Kier molecular flexibility index (Phi) is 5.51. The molecule has 7 heteroatoms. The molecule has 0 saturated carbocycles. The lowest BCUT2D eigenvalue weighted by Crippen LogP contribution is -2.15. The predicted octanol–water partition coefficient (Wildman–Crippen LogP) is 2.30. The van der Waals surface area contributed by atoms with Gasteiger partial charge in [0.1, 0.15) is 0 Å². The first kappa shape index (κ1) is 16.1. The van der Waals surface area contributed by atoms with Gasteiger partial charge in [-0.15, -0.1) is 0 Å². The number of sulfonamides is 1. The molecule has 0 unspecified atom stereocenters. The topological polar surface area (TPSA) is 86.5 Å². The lowest BCUT2D eigenvalue weighted by atomic mass is 10.1. The fraction of sp³-hybridized carbons (Fsp3) is 0.417. The third-order valence-electron chi connectivity index (χ3n) is 2.40. The van der Waals surface area contributed by atoms with Gasteiger partial charge in [0.15, 0.2) is 0 Å². The van der Waals surface area contributed by atoms with Crippen LogP contribution in [0.25, 0.3) is 0 Å². The molecule has 0 heterocycles. The number of carbonyl (C=O) groups excluding carboxylic acids is 1. The van der Waals surface area contributed by atoms with E-state index in [1.165, 1.54) is 18.2 Å². The van der Waals surface area contributed by atoms with Gasteiger partial charge in [-0.25, -0.2) is 18.4 Å². The highest BCUT2D eigenvalue weighted by Gasteiger charge is 2.16. The Labute approximate surface area is 121 Å². The fourth-order valence-corrected chi connectivity index (χ4v) is 2.87. The number of rotatable bonds is 5. The molecule has 0 bridgehead atoms. The summed E-state index contributed by atoms with van der Waals surface area (Å²) in [5.41, 5.74) is 0.163. The highest BCUT2D eigenvalue weighted by Crippen LogP contribution is 2.22. The standard InChI is InChI=1S/C12H16BrNO4S/c1-8(2)5-6-18-12(15)9-3-4-10(13)11(7-9)19(14,16)17/h3-4,7-8H,5-6H2,1-2H3,(H2,14,16,17). The predicted molar refractivity (Wildman–Crippen MR) is 75.3 cm³/mol. The fourth-order valence-electron chi connectivity index (χ4n) is 1.32. The maximum absolute atomic E-state index is 11.7. The normalized spacial score (nSPS) is 11.6. The molecule has 0 aliphatic carbocycles. The quantitative estimate of drug-likeness (QED) is 0.826. The molecule has 1 aromatic carbocycles. The van der Waals surface area contributed by atoms with E-state index in [1.807, 2.05) is 13.8 Å². The molecule has 0 spiro atoms. The van der Waals surface area contributed by atoms with Gasteiger partial charge in [-0.3, -0.25) is 0 Å². The number of ether oxygens (including phenoxy) is 1. The van der Waals surface area contributed by atoms with Gasteiger partial charge in [0.2, 0.25) is 10.0 Å². The van der Waals surface area contributed by atoms with Gasteiger partial charge in [-0.1, -0.05) is 13.8 Å². The average Bonchev–Trinajstić information content (AvgIpc) is 2.27. The second-order valence-corrected chi connectivity index (χ2v) is 6.89. The van der Waals surface area contributed by atoms with Crippen LogP contribution in [0.5, 0.6) is 0 Å². The summed E-state index contributed by atoms with van der Waals surface area (Å²) in [6, 6.07) is 4.15. The van der Waals surface area contributed by atoms with E-state index < -0.39 is 16.0 Å². The van der Waals surface area contributed by atoms with Crippen molar-refractivity contribution in [2.75, 3.05) is 6.61 Å². The van der Waals surface area contributed by atoms with E-state index in [0.717, 1.165) is 6.42 Å². The molecule has 0 aromatic heterocycles. The Hall–Kier alpha value is -0.920. The van der Waals surface area contributed by atoms with E-state index in [2.05, 4.69) is 15.9 Å². The molecule has 0 fully saturated rings. The van der Waals surface area contributed by atoms with Crippen molar-refractivity contribution in [3.8, 4) is 0 Å². The van der Waals surface area contributed by atoms with Crippen molar-refractivity contribution in [1.82, 2.24) is 0 Å². The van der Waals surface area contributed by atoms with Crippen LogP contribution in [-0.2, 0) is 14.8 Å². The summed E-state index contributed by atoms with van der Waals surface area (Å²) in [6.45, 7) is 4.34. The highest BCUT2D eigenvalue weighted by molar-refractivity contribution is 9.10. The van der Waals surface area contributed by atoms with Crippen molar-refractivity contribution in [2.24, 2.45) is 11.1 Å². The third kappa shape index (κ3) is 4.93. The monoisotopic (exact) mass is 349 g/mol. The summed E-state index contributed by atoms with van der Waals surface area (Å²) in [5.74, 6) is -0.129. The van der Waals surface area contributed by atoms with Crippen LogP contribution in [0.2, 0.25) is 0 Å². The minimum Gasteiger partial charge on any atom is -0.462 e. The highest BCUT2D eigenvalue weighted by atomic mass is 79.9. The van der Waals surface area contributed by atoms with Crippen LogP contribution in [0.3, 0.4) is 0 Å². The lowest BCUT2D eigenvalue weighted by Gasteiger charge is -2.08. The summed E-state index contributed by atoms with van der Waals surface area (Å²) < 4.78 is 28.0. The molecular formula is C12H16BrNO4S. The Morgan fingerprint density at radius 3 is 2.58 bits per heavy atom. The minimum absolute atomic E-state index is 0.134. The Morgan fingerprint density at radius 2 is 2.05 bits per heavy atom. The molecule has 0 radical (unpaired) electrons. The van der Waals surface area contributed by atoms with Crippen molar-refractivity contribution in [3.63, 3.8) is 0 Å². The van der Waals surface area contributed by atoms with E-state index in [-0.39, 0.29) is 10.5 Å². The summed E-state index contributed by atoms with van der Waals surface area (Å²) in [6.07, 6.45) is 0.754. The van der Waals surface area contributed by atoms with Crippen LogP contribution < -0.4 is 5.14 Å². The lowest BCUT2D eigenvalue weighted by molar-refractivity contribution is 0.0488. The van der Waals surface area contributed by atoms with Crippen LogP contribution in [0.4, 0.5) is 0 Å². The smallest absolute Gasteiger partial charge is 0.338 e. The van der Waals surface area contributed by atoms with Gasteiger partial charge in [0.05, 0.1) is 17.1 Å². The van der Waals surface area contributed by atoms with Crippen molar-refractivity contribution in [3.05, 3.63) is 28.2 Å². The molecule has 0 aliphatic rings. The molecule has 5 nitrogen and oxygen atoms in total. The van der Waals surface area contributed by atoms with Gasteiger partial charge in [-0.2, -0.15) is 0 Å². The van der Waals surface area contributed by atoms with E-state index in [4.69, 9.17) is 9.88 Å². The summed E-state index contributed by atoms with van der Waals surface area (Å²) in [7, 11) is -3.88. The van der Waals surface area contributed by atoms with Crippen molar-refractivity contribution >= 4 is 31.9 Å². The molecule has 19 heavy (non-hydrogen) atoms. The first-order chi connectivity index (χ1) is 8.71. The van der Waals surface area contributed by atoms with E-state index in [0.29, 0.717) is 17.0 Å². The third-order valence-corrected chi connectivity index (χ3v) is 4.31. The van der Waals surface area contributed by atoms with Crippen LogP contribution >= 0.6 is 15.9 Å². The second-order valence-electron chi connectivity index (χ2n) is 4.51. The summed E-state index contributed by atoms with van der Waals surface area (Å²) in [4.78, 5) is 11.6. The molecule has 1 rings (SSSR count). The van der Waals surface area contributed by atoms with Crippen LogP contribution in [0, 0.1) is 5.92 Å². The van der Waals surface area contributed by atoms with Gasteiger partial charge in [0, 0.05) is 4.47 Å². The maximum Gasteiger partial charge on any atom is 0.338 e. The largest absolute Gasteiger partial charge is 0.462 e. The zero-order valence-corrected chi connectivity index (χ0v) is 13.1. The first-order valence-corrected chi connectivity index (χ1v) is 8.05. The SMILES string of the molecule is CC(C)CCOC(=O)c1ccc(Br)c(S(N)(=O)=O)c1. The summed E-state index contributed by atoms with van der Waals surface area (Å²) >= 11 is 3.08. The number of benzene rings is 1. The van der Waals surface area contributed by atoms with E-state index in [9.17, 15) is 13.2 Å².